The Bertz CT molecular complexity index is 1820. The Morgan fingerprint density at radius 2 is 1.81 bits per heavy atom. The number of pyridine rings is 1. The van der Waals surface area contributed by atoms with Crippen LogP contribution in [0.2, 0.25) is 0 Å². The van der Waals surface area contributed by atoms with Gasteiger partial charge >= 0.3 is 0 Å². The highest BCUT2D eigenvalue weighted by molar-refractivity contribution is 5.96. The molecule has 1 saturated carbocycles. The highest BCUT2D eigenvalue weighted by Crippen LogP contribution is 2.59. The maximum Gasteiger partial charge on any atom is 0.277 e. The monoisotopic (exact) mass is 575 g/mol. The Morgan fingerprint density at radius 1 is 1.10 bits per heavy atom. The Hall–Kier alpha value is -4.86. The number of carbonyl (C=O) groups is 1. The third-order valence-corrected chi connectivity index (χ3v) is 7.86. The summed E-state index contributed by atoms with van der Waals surface area (Å²) in [4.78, 5) is 28.0. The molecule has 1 aliphatic heterocycles. The van der Waals surface area contributed by atoms with Gasteiger partial charge in [-0.3, -0.25) is 19.3 Å². The van der Waals surface area contributed by atoms with Crippen LogP contribution in [0.1, 0.15) is 40.5 Å². The summed E-state index contributed by atoms with van der Waals surface area (Å²) in [6.45, 7) is 4.94. The average Bonchev–Trinajstić information content (AvgIpc) is 3.40. The third-order valence-electron chi connectivity index (χ3n) is 7.86. The average molecular weight is 576 g/mol. The Kier molecular flexibility index (Phi) is 6.44. The SMILES string of the molecule is C=C1CC2=Cc3cc(F)c(F)cc3C2(N2CN(C)C(=O)c3c(OCc4ccccc4)c(=O)ccn32)/C1=C/C(F)=C(\C)F. The molecule has 42 heavy (non-hydrogen) atoms. The fraction of sp³-hybridized carbons (Fsp3) is 0.188. The van der Waals surface area contributed by atoms with E-state index in [0.717, 1.165) is 30.7 Å². The van der Waals surface area contributed by atoms with Crippen LogP contribution < -0.4 is 15.2 Å². The first-order chi connectivity index (χ1) is 20.0. The lowest BCUT2D eigenvalue weighted by Gasteiger charge is -2.49. The van der Waals surface area contributed by atoms with E-state index in [1.54, 1.807) is 11.1 Å². The smallest absolute Gasteiger partial charge is 0.277 e. The van der Waals surface area contributed by atoms with Crippen molar-refractivity contribution in [1.29, 1.82) is 0 Å². The van der Waals surface area contributed by atoms with Crippen molar-refractivity contribution in [3.63, 3.8) is 0 Å². The molecule has 0 spiro atoms. The molecule has 2 aliphatic carbocycles. The van der Waals surface area contributed by atoms with Crippen LogP contribution >= 0.6 is 0 Å². The summed E-state index contributed by atoms with van der Waals surface area (Å²) in [6.07, 6.45) is 4.23. The molecule has 0 bridgehead atoms. The molecule has 1 fully saturated rings. The third kappa shape index (κ3) is 4.00. The topological polar surface area (TPSA) is 54.8 Å². The normalized spacial score (nSPS) is 20.8. The number of nitrogens with zero attached hydrogens (tertiary/aromatic N) is 3. The van der Waals surface area contributed by atoms with E-state index >= 15 is 0 Å². The van der Waals surface area contributed by atoms with Gasteiger partial charge in [-0.15, -0.1) is 0 Å². The number of aromatic nitrogens is 1. The first kappa shape index (κ1) is 27.3. The maximum atomic E-state index is 15.0. The molecule has 214 valence electrons. The molecule has 6 nitrogen and oxygen atoms in total. The van der Waals surface area contributed by atoms with E-state index < -0.39 is 40.2 Å². The number of fused-ring (bicyclic) bond motifs is 4. The summed E-state index contributed by atoms with van der Waals surface area (Å²) in [5, 5.41) is 1.64. The first-order valence-electron chi connectivity index (χ1n) is 13.1. The predicted octanol–water partition coefficient (Wildman–Crippen LogP) is 6.04. The Morgan fingerprint density at radius 3 is 2.52 bits per heavy atom. The molecular formula is C32H25F4N3O3. The largest absolute Gasteiger partial charge is 0.482 e. The number of carbonyl (C=O) groups excluding carboxylic acids is 1. The van der Waals surface area contributed by atoms with Gasteiger partial charge in [-0.1, -0.05) is 43.0 Å². The van der Waals surface area contributed by atoms with E-state index in [1.165, 1.54) is 28.9 Å². The molecule has 2 aromatic carbocycles. The number of amides is 1. The summed E-state index contributed by atoms with van der Waals surface area (Å²) in [5.74, 6) is -5.16. The van der Waals surface area contributed by atoms with E-state index in [1.807, 2.05) is 30.3 Å². The van der Waals surface area contributed by atoms with Gasteiger partial charge in [0.1, 0.15) is 24.6 Å². The van der Waals surface area contributed by atoms with Crippen LogP contribution in [-0.2, 0) is 12.1 Å². The molecule has 1 amide bonds. The van der Waals surface area contributed by atoms with Crippen molar-refractivity contribution in [2.45, 2.75) is 25.5 Å². The van der Waals surface area contributed by atoms with Gasteiger partial charge in [0, 0.05) is 19.3 Å². The number of hydrogen-bond acceptors (Lipinski definition) is 4. The molecule has 10 heteroatoms. The minimum absolute atomic E-state index is 0.00143. The van der Waals surface area contributed by atoms with Crippen molar-refractivity contribution in [1.82, 2.24) is 9.58 Å². The van der Waals surface area contributed by atoms with Crippen molar-refractivity contribution in [2.75, 3.05) is 18.7 Å². The summed E-state index contributed by atoms with van der Waals surface area (Å²) in [5.41, 5.74) is 0.402. The van der Waals surface area contributed by atoms with Crippen LogP contribution in [0.25, 0.3) is 6.08 Å². The van der Waals surface area contributed by atoms with Gasteiger partial charge < -0.3 is 9.64 Å². The van der Waals surface area contributed by atoms with Crippen molar-refractivity contribution in [3.8, 4) is 5.75 Å². The van der Waals surface area contributed by atoms with E-state index in [0.29, 0.717) is 16.7 Å². The van der Waals surface area contributed by atoms with Gasteiger partial charge in [-0.25, -0.2) is 17.6 Å². The van der Waals surface area contributed by atoms with Crippen LogP contribution in [0.3, 0.4) is 0 Å². The molecule has 0 N–H and O–H groups in total. The number of ether oxygens (including phenoxy) is 1. The molecule has 6 rings (SSSR count). The van der Waals surface area contributed by atoms with Gasteiger partial charge in [-0.05, 0) is 65.0 Å². The minimum atomic E-state index is -1.52. The molecular weight excluding hydrogens is 550 g/mol. The van der Waals surface area contributed by atoms with Gasteiger partial charge in [0.2, 0.25) is 5.43 Å². The fourth-order valence-electron chi connectivity index (χ4n) is 5.97. The summed E-state index contributed by atoms with van der Waals surface area (Å²) in [6, 6.07) is 12.4. The van der Waals surface area contributed by atoms with Crippen molar-refractivity contribution >= 4 is 12.0 Å². The first-order valence-corrected chi connectivity index (χ1v) is 13.1. The molecule has 0 saturated heterocycles. The van der Waals surface area contributed by atoms with E-state index in [4.69, 9.17) is 4.74 Å². The lowest BCUT2D eigenvalue weighted by Crippen LogP contribution is -2.61. The van der Waals surface area contributed by atoms with Crippen LogP contribution in [0, 0.1) is 11.6 Å². The summed E-state index contributed by atoms with van der Waals surface area (Å²) in [7, 11) is 1.51. The number of hydrogen-bond donors (Lipinski definition) is 0. The van der Waals surface area contributed by atoms with Crippen LogP contribution in [0.5, 0.6) is 5.75 Å². The van der Waals surface area contributed by atoms with Gasteiger partial charge in [0.05, 0.1) is 0 Å². The summed E-state index contributed by atoms with van der Waals surface area (Å²) < 4.78 is 65.6. The molecule has 1 aromatic heterocycles. The lowest BCUT2D eigenvalue weighted by atomic mass is 9.82. The van der Waals surface area contributed by atoms with Gasteiger partial charge in [-0.2, -0.15) is 0 Å². The second kappa shape index (κ2) is 9.90. The zero-order valence-corrected chi connectivity index (χ0v) is 22.8. The van der Waals surface area contributed by atoms with Crippen LogP contribution in [0.15, 0.2) is 101 Å². The highest BCUT2D eigenvalue weighted by atomic mass is 19.2. The van der Waals surface area contributed by atoms with Crippen LogP contribution in [0.4, 0.5) is 17.6 Å². The van der Waals surface area contributed by atoms with E-state index in [9.17, 15) is 27.2 Å². The summed E-state index contributed by atoms with van der Waals surface area (Å²) >= 11 is 0. The van der Waals surface area contributed by atoms with E-state index in [2.05, 4.69) is 6.58 Å². The number of benzene rings is 2. The minimum Gasteiger partial charge on any atom is -0.482 e. The highest BCUT2D eigenvalue weighted by Gasteiger charge is 2.56. The predicted molar refractivity (Wildman–Crippen MR) is 149 cm³/mol. The van der Waals surface area contributed by atoms with Crippen molar-refractivity contribution < 1.29 is 27.1 Å². The quantitative estimate of drug-likeness (QED) is 0.349. The molecule has 1 unspecified atom stereocenters. The second-order valence-electron chi connectivity index (χ2n) is 10.5. The fourth-order valence-corrected chi connectivity index (χ4v) is 5.97. The van der Waals surface area contributed by atoms with E-state index in [-0.39, 0.29) is 42.3 Å². The maximum absolute atomic E-state index is 15.0. The van der Waals surface area contributed by atoms with Crippen LogP contribution in [-0.4, -0.2) is 29.2 Å². The molecule has 3 aromatic rings. The number of halogens is 4. The molecule has 1 atom stereocenters. The second-order valence-corrected chi connectivity index (χ2v) is 10.5. The number of rotatable bonds is 5. The van der Waals surface area contributed by atoms with Gasteiger partial charge in [0.15, 0.2) is 28.9 Å². The van der Waals surface area contributed by atoms with Crippen molar-refractivity contribution in [2.24, 2.45) is 0 Å². The standard InChI is InChI=1S/C32H25F4N3O3/c1-18-11-22-12-21-13-26(35)27(36)15-24(21)32(22,23(18)14-25(34)19(2)33)39-17-37(3)31(41)29-30(28(40)9-10-38(29)39)42-16-20-7-5-4-6-8-20/h4-10,12-15H,1,11,16-17H2,2-3H3/b23-14+,25-19-. The van der Waals surface area contributed by atoms with Gasteiger partial charge in [0.25, 0.3) is 5.91 Å². The zero-order chi connectivity index (χ0) is 29.9. The zero-order valence-electron chi connectivity index (χ0n) is 22.8. The van der Waals surface area contributed by atoms with Crippen molar-refractivity contribution in [3.05, 3.63) is 140 Å². The molecule has 0 radical (unpaired) electrons. The Balaban J connectivity index is 1.62. The molecule has 2 heterocycles. The number of allylic oxidation sites excluding steroid dienone is 3. The lowest BCUT2D eigenvalue weighted by molar-refractivity contribution is 0.0712. The molecule has 3 aliphatic rings. The Labute approximate surface area is 238 Å².